The van der Waals surface area contributed by atoms with Crippen LogP contribution in [0.3, 0.4) is 0 Å². The van der Waals surface area contributed by atoms with E-state index in [2.05, 4.69) is 0 Å². The van der Waals surface area contributed by atoms with Crippen LogP contribution in [0.1, 0.15) is 56.1 Å². The first kappa shape index (κ1) is 8.72. The molecule has 128 valence electrons. The lowest BCUT2D eigenvalue weighted by Gasteiger charge is -2.46. The van der Waals surface area contributed by atoms with Gasteiger partial charge in [-0.05, 0) is 54.3 Å². The summed E-state index contributed by atoms with van der Waals surface area (Å²) in [5.41, 5.74) is 0.764. The van der Waals surface area contributed by atoms with E-state index in [0.29, 0.717) is 5.56 Å². The summed E-state index contributed by atoms with van der Waals surface area (Å²) in [4.78, 5) is 1.18. The molecule has 1 saturated heterocycles. The maximum atomic E-state index is 11.1. The van der Waals surface area contributed by atoms with Gasteiger partial charge in [0.05, 0.1) is 25.7 Å². The molecule has 0 aliphatic carbocycles. The number of nitrogens with zero attached hydrogens (tertiary/aromatic N) is 1. The van der Waals surface area contributed by atoms with Crippen LogP contribution in [-0.4, -0.2) is 43.3 Å². The van der Waals surface area contributed by atoms with Crippen molar-refractivity contribution in [3.8, 4) is 11.5 Å². The summed E-state index contributed by atoms with van der Waals surface area (Å²) < 4.78 is 84.8. The Morgan fingerprint density at radius 2 is 2.22 bits per heavy atom. The molecule has 3 atom stereocenters. The van der Waals surface area contributed by atoms with E-state index < -0.39 is 37.9 Å². The molecule has 1 N–H and O–H groups in total. The molecule has 0 bridgehead atoms. The highest BCUT2D eigenvalue weighted by molar-refractivity contribution is 5.49. The highest BCUT2D eigenvalue weighted by Gasteiger charge is 2.38. The molecule has 4 heteroatoms. The number of ether oxygens (including phenoxy) is 2. The molecular weight excluding hydrogens is 290 g/mol. The molecular formula is C19H29NO3. The fourth-order valence-corrected chi connectivity index (χ4v) is 3.14. The number of piperidine rings is 1. The second-order valence-corrected chi connectivity index (χ2v) is 6.33. The minimum absolute atomic E-state index is 0.0433. The summed E-state index contributed by atoms with van der Waals surface area (Å²) >= 11 is 0. The summed E-state index contributed by atoms with van der Waals surface area (Å²) in [5.74, 6) is -2.80. The van der Waals surface area contributed by atoms with E-state index in [-0.39, 0.29) is 42.4 Å². The van der Waals surface area contributed by atoms with Crippen LogP contribution in [0.25, 0.3) is 0 Å². The van der Waals surface area contributed by atoms with Gasteiger partial charge in [-0.2, -0.15) is 0 Å². The van der Waals surface area contributed by atoms with E-state index in [4.69, 9.17) is 21.8 Å². The first-order chi connectivity index (χ1) is 14.4. The Labute approximate surface area is 152 Å². The SMILES string of the molecule is [2H]C([2H])([2H])Oc1cc2c(cc1OC)CCN1C2C([2H])([2H])C([2H])(O)C([2H])(CC(C)C)C1([2H])[2H]. The molecule has 1 fully saturated rings. The normalized spacial score (nSPS) is 44.6. The molecule has 3 unspecified atom stereocenters. The summed E-state index contributed by atoms with van der Waals surface area (Å²) in [5, 5.41) is 11.1. The molecule has 2 aliphatic heterocycles. The Bertz CT molecular complexity index is 888. The first-order valence-electron chi connectivity index (χ1n) is 12.3. The van der Waals surface area contributed by atoms with Gasteiger partial charge >= 0.3 is 0 Å². The van der Waals surface area contributed by atoms with Gasteiger partial charge in [0.15, 0.2) is 11.5 Å². The van der Waals surface area contributed by atoms with Gasteiger partial charge in [0.2, 0.25) is 0 Å². The Morgan fingerprint density at radius 1 is 1.43 bits per heavy atom. The highest BCUT2D eigenvalue weighted by atomic mass is 16.5. The second kappa shape index (κ2) is 6.70. The van der Waals surface area contributed by atoms with Gasteiger partial charge in [0.25, 0.3) is 0 Å². The van der Waals surface area contributed by atoms with E-state index in [1.807, 2.05) is 0 Å². The van der Waals surface area contributed by atoms with Crippen molar-refractivity contribution in [1.82, 2.24) is 4.90 Å². The topological polar surface area (TPSA) is 41.9 Å². The minimum atomic E-state index is -3.10. The van der Waals surface area contributed by atoms with Crippen LogP contribution in [0.2, 0.25) is 0 Å². The number of hydrogen-bond donors (Lipinski definition) is 1. The number of aliphatic hydroxyl groups is 1. The van der Waals surface area contributed by atoms with Crippen molar-refractivity contribution in [3.05, 3.63) is 23.3 Å². The van der Waals surface area contributed by atoms with Crippen molar-refractivity contribution in [2.45, 2.75) is 45.2 Å². The lowest BCUT2D eigenvalue weighted by Crippen LogP contribution is -2.48. The van der Waals surface area contributed by atoms with E-state index in [1.165, 1.54) is 24.1 Å². The Kier molecular flexibility index (Phi) is 2.54. The maximum absolute atomic E-state index is 11.1. The minimum Gasteiger partial charge on any atom is -0.493 e. The summed E-state index contributed by atoms with van der Waals surface area (Å²) in [6, 6.07) is 1.35. The lowest BCUT2D eigenvalue weighted by molar-refractivity contribution is -0.0191. The summed E-state index contributed by atoms with van der Waals surface area (Å²) in [7, 11) is -1.47. The van der Waals surface area contributed by atoms with Crippen LogP contribution in [0, 0.1) is 11.8 Å². The fraction of sp³-hybridized carbons (Fsp3) is 0.684. The largest absolute Gasteiger partial charge is 0.493 e. The Hall–Kier alpha value is -1.26. The van der Waals surface area contributed by atoms with Gasteiger partial charge in [0.1, 0.15) is 0 Å². The van der Waals surface area contributed by atoms with Crippen molar-refractivity contribution >= 4 is 0 Å². The fourth-order valence-electron chi connectivity index (χ4n) is 3.14. The number of benzene rings is 1. The van der Waals surface area contributed by atoms with Crippen LogP contribution in [-0.2, 0) is 6.42 Å². The molecule has 3 rings (SSSR count). The second-order valence-electron chi connectivity index (χ2n) is 6.33. The molecule has 1 aromatic rings. The predicted octanol–water partition coefficient (Wildman–Crippen LogP) is 3.03. The van der Waals surface area contributed by atoms with E-state index >= 15 is 0 Å². The zero-order chi connectivity index (χ0) is 24.5. The van der Waals surface area contributed by atoms with Gasteiger partial charge in [-0.1, -0.05) is 13.8 Å². The predicted molar refractivity (Wildman–Crippen MR) is 91.1 cm³/mol. The van der Waals surface area contributed by atoms with Gasteiger partial charge in [0, 0.05) is 25.9 Å². The molecule has 0 radical (unpaired) electrons. The Balaban J connectivity index is 2.23. The van der Waals surface area contributed by atoms with Crippen LogP contribution >= 0.6 is 0 Å². The molecule has 0 aromatic heterocycles. The zero-order valence-corrected chi connectivity index (χ0v) is 13.6. The van der Waals surface area contributed by atoms with Crippen LogP contribution in [0.4, 0.5) is 0 Å². The van der Waals surface area contributed by atoms with Gasteiger partial charge < -0.3 is 14.6 Å². The van der Waals surface area contributed by atoms with Crippen molar-refractivity contribution in [2.24, 2.45) is 11.8 Å². The third kappa shape index (κ3) is 3.20. The lowest BCUT2D eigenvalue weighted by atomic mass is 9.79. The molecule has 23 heavy (non-hydrogen) atoms. The number of hydrogen-bond acceptors (Lipinski definition) is 4. The van der Waals surface area contributed by atoms with Crippen molar-refractivity contribution in [2.75, 3.05) is 27.2 Å². The monoisotopic (exact) mass is 328 g/mol. The number of methoxy groups -OCH3 is 2. The molecule has 0 amide bonds. The number of fused-ring (bicyclic) bond motifs is 3. The third-order valence-corrected chi connectivity index (χ3v) is 4.21. The van der Waals surface area contributed by atoms with Crippen molar-refractivity contribution in [1.29, 1.82) is 0 Å². The molecule has 4 nitrogen and oxygen atoms in total. The zero-order valence-electron chi connectivity index (χ0n) is 22.6. The van der Waals surface area contributed by atoms with E-state index in [9.17, 15) is 5.11 Å². The molecule has 1 aromatic carbocycles. The standard InChI is InChI=1S/C19H29NO3/c1-12(2)7-14-11-20-6-5-13-8-18(22-3)19(23-4)9-15(13)16(20)10-17(14)21/h8-9,12,14,16-17,21H,5-7,10-11H2,1-4H3/i4D3,10D2,11D2,14D,17D. The molecule has 0 spiro atoms. The van der Waals surface area contributed by atoms with Gasteiger partial charge in [-0.3, -0.25) is 4.90 Å². The van der Waals surface area contributed by atoms with Crippen LogP contribution in [0.5, 0.6) is 11.5 Å². The average molecular weight is 328 g/mol. The summed E-state index contributed by atoms with van der Waals surface area (Å²) in [6.45, 7) is 0.939. The average Bonchev–Trinajstić information content (AvgIpc) is 2.63. The summed E-state index contributed by atoms with van der Waals surface area (Å²) in [6.07, 6.45) is -5.82. The Morgan fingerprint density at radius 3 is 2.91 bits per heavy atom. The molecule has 2 aliphatic rings. The van der Waals surface area contributed by atoms with E-state index in [0.717, 1.165) is 0 Å². The first-order valence-corrected chi connectivity index (χ1v) is 7.79. The third-order valence-electron chi connectivity index (χ3n) is 4.21. The highest BCUT2D eigenvalue weighted by Crippen LogP contribution is 2.43. The van der Waals surface area contributed by atoms with Gasteiger partial charge in [-0.15, -0.1) is 0 Å². The van der Waals surface area contributed by atoms with Crippen molar-refractivity contribution < 1.29 is 26.9 Å². The van der Waals surface area contributed by atoms with Crippen LogP contribution < -0.4 is 9.47 Å². The maximum Gasteiger partial charge on any atom is 0.161 e. The van der Waals surface area contributed by atoms with Crippen molar-refractivity contribution in [3.63, 3.8) is 0 Å². The smallest absolute Gasteiger partial charge is 0.161 e. The molecule has 0 saturated carbocycles. The molecule has 2 heterocycles. The van der Waals surface area contributed by atoms with Gasteiger partial charge in [-0.25, -0.2) is 0 Å². The van der Waals surface area contributed by atoms with E-state index in [1.54, 1.807) is 13.8 Å². The number of rotatable bonds is 4. The quantitative estimate of drug-likeness (QED) is 0.922. The van der Waals surface area contributed by atoms with Crippen LogP contribution in [0.15, 0.2) is 12.1 Å².